The van der Waals surface area contributed by atoms with Crippen molar-refractivity contribution in [2.75, 3.05) is 46.2 Å². The Hall–Kier alpha value is -4.81. The highest BCUT2D eigenvalue weighted by Crippen LogP contribution is 2.08. The molecule has 44 heavy (non-hydrogen) atoms. The van der Waals surface area contributed by atoms with E-state index in [9.17, 15) is 24.0 Å². The third-order valence-electron chi connectivity index (χ3n) is 4.35. The van der Waals surface area contributed by atoms with E-state index in [1.165, 1.54) is 0 Å². The standard InChI is InChI=1S/C14H14O4.C12H18O6.C6H10O2/c1-3-13(15)17-9-11-6-5-7-12(8-11)10-18-14(16)4-2;1-3-11(13)17-9-7-15-5-6-16-8-10-18-12(14)4-2;1-3-5-8-6(7)4-2/h3-8H,1-2,9-10H2;3-4H,1-2,5-10H2;4H,2-3,5H2,1H3. The molecule has 1 rings (SSSR count). The van der Waals surface area contributed by atoms with E-state index < -0.39 is 23.9 Å². The van der Waals surface area contributed by atoms with E-state index in [1.807, 2.05) is 19.1 Å². The molecule has 1 aromatic carbocycles. The Morgan fingerprint density at radius 3 is 1.18 bits per heavy atom. The van der Waals surface area contributed by atoms with Gasteiger partial charge in [0.15, 0.2) is 0 Å². The van der Waals surface area contributed by atoms with Gasteiger partial charge in [0.25, 0.3) is 0 Å². The number of carbonyl (C=O) groups excluding carboxylic acids is 5. The highest BCUT2D eigenvalue weighted by molar-refractivity contribution is 5.82. The maximum absolute atomic E-state index is 10.9. The van der Waals surface area contributed by atoms with Crippen molar-refractivity contribution < 1.29 is 57.1 Å². The molecule has 0 heterocycles. The first-order valence-electron chi connectivity index (χ1n) is 13.4. The molecule has 0 aliphatic heterocycles. The Bertz CT molecular complexity index is 994. The van der Waals surface area contributed by atoms with Crippen LogP contribution in [-0.4, -0.2) is 76.1 Å². The number of rotatable bonds is 20. The Balaban J connectivity index is 0. The largest absolute Gasteiger partial charge is 0.463 e. The molecule has 0 atom stereocenters. The van der Waals surface area contributed by atoms with Crippen molar-refractivity contribution in [3.8, 4) is 0 Å². The zero-order chi connectivity index (χ0) is 33.4. The third kappa shape index (κ3) is 27.4. The van der Waals surface area contributed by atoms with Crippen LogP contribution in [0, 0.1) is 0 Å². The Kier molecular flexibility index (Phi) is 27.9. The molecule has 12 heteroatoms. The number of hydrogen-bond acceptors (Lipinski definition) is 12. The summed E-state index contributed by atoms with van der Waals surface area (Å²) < 4.78 is 34.0. The van der Waals surface area contributed by atoms with Gasteiger partial charge in [-0.3, -0.25) is 0 Å². The highest BCUT2D eigenvalue weighted by Gasteiger charge is 2.02. The second kappa shape index (κ2) is 29.7. The van der Waals surface area contributed by atoms with E-state index in [4.69, 9.17) is 18.9 Å². The van der Waals surface area contributed by atoms with Crippen molar-refractivity contribution in [2.45, 2.75) is 26.6 Å². The zero-order valence-corrected chi connectivity index (χ0v) is 25.2. The molecule has 0 unspecified atom stereocenters. The van der Waals surface area contributed by atoms with Crippen LogP contribution in [0.3, 0.4) is 0 Å². The summed E-state index contributed by atoms with van der Waals surface area (Å²) in [6.07, 6.45) is 6.42. The monoisotopic (exact) mass is 618 g/mol. The van der Waals surface area contributed by atoms with Gasteiger partial charge in [-0.25, -0.2) is 24.0 Å². The lowest BCUT2D eigenvalue weighted by Gasteiger charge is -2.06. The van der Waals surface area contributed by atoms with E-state index in [1.54, 1.807) is 12.1 Å². The summed E-state index contributed by atoms with van der Waals surface area (Å²) >= 11 is 0. The second-order valence-corrected chi connectivity index (χ2v) is 7.78. The maximum atomic E-state index is 10.9. The topological polar surface area (TPSA) is 150 Å². The highest BCUT2D eigenvalue weighted by atomic mass is 16.6. The van der Waals surface area contributed by atoms with Crippen LogP contribution in [0.4, 0.5) is 0 Å². The molecule has 0 aromatic heterocycles. The molecule has 0 spiro atoms. The van der Waals surface area contributed by atoms with Crippen molar-refractivity contribution >= 4 is 29.8 Å². The molecule has 1 aromatic rings. The summed E-state index contributed by atoms with van der Waals surface area (Å²) in [6.45, 7) is 20.8. The molecule has 242 valence electrons. The van der Waals surface area contributed by atoms with Crippen molar-refractivity contribution in [1.29, 1.82) is 0 Å². The van der Waals surface area contributed by atoms with Gasteiger partial charge in [0.05, 0.1) is 33.0 Å². The van der Waals surface area contributed by atoms with Crippen molar-refractivity contribution in [2.24, 2.45) is 0 Å². The zero-order valence-electron chi connectivity index (χ0n) is 25.2. The lowest BCUT2D eigenvalue weighted by molar-refractivity contribution is -0.141. The molecule has 0 N–H and O–H groups in total. The van der Waals surface area contributed by atoms with Gasteiger partial charge in [0.2, 0.25) is 0 Å². The van der Waals surface area contributed by atoms with Crippen LogP contribution in [0.5, 0.6) is 0 Å². The van der Waals surface area contributed by atoms with Gasteiger partial charge in [0.1, 0.15) is 26.4 Å². The third-order valence-corrected chi connectivity index (χ3v) is 4.35. The molecule has 12 nitrogen and oxygen atoms in total. The summed E-state index contributed by atoms with van der Waals surface area (Å²) in [7, 11) is 0. The number of benzene rings is 1. The van der Waals surface area contributed by atoms with E-state index in [-0.39, 0.29) is 32.4 Å². The Labute approximate surface area is 258 Å². The normalized spacial score (nSPS) is 9.20. The quantitative estimate of drug-likeness (QED) is 0.0906. The average molecular weight is 619 g/mol. The summed E-state index contributed by atoms with van der Waals surface area (Å²) in [5, 5.41) is 0. The first-order valence-corrected chi connectivity index (χ1v) is 13.4. The summed E-state index contributed by atoms with van der Waals surface area (Å²) in [6, 6.07) is 7.23. The number of esters is 5. The lowest BCUT2D eigenvalue weighted by atomic mass is 10.1. The average Bonchev–Trinajstić information content (AvgIpc) is 3.06. The van der Waals surface area contributed by atoms with Gasteiger partial charge in [0, 0.05) is 30.4 Å². The fraction of sp³-hybridized carbons (Fsp3) is 0.344. The molecule has 0 bridgehead atoms. The molecule has 0 radical (unpaired) electrons. The molecular formula is C32H42O12. The van der Waals surface area contributed by atoms with Gasteiger partial charge >= 0.3 is 29.8 Å². The Morgan fingerprint density at radius 2 is 0.841 bits per heavy atom. The van der Waals surface area contributed by atoms with Crippen LogP contribution in [0.2, 0.25) is 0 Å². The van der Waals surface area contributed by atoms with Crippen LogP contribution in [-0.2, 0) is 70.3 Å². The van der Waals surface area contributed by atoms with E-state index in [2.05, 4.69) is 47.1 Å². The van der Waals surface area contributed by atoms with Gasteiger partial charge in [-0.2, -0.15) is 0 Å². The van der Waals surface area contributed by atoms with Gasteiger partial charge in [-0.1, -0.05) is 58.0 Å². The molecule has 0 saturated carbocycles. The number of ether oxygens (including phenoxy) is 7. The fourth-order valence-corrected chi connectivity index (χ4v) is 2.34. The predicted octanol–water partition coefficient (Wildman–Crippen LogP) is 3.75. The smallest absolute Gasteiger partial charge is 0.330 e. The van der Waals surface area contributed by atoms with Crippen LogP contribution in [0.15, 0.2) is 87.5 Å². The lowest BCUT2D eigenvalue weighted by Crippen LogP contribution is -2.13. The fourth-order valence-electron chi connectivity index (χ4n) is 2.34. The van der Waals surface area contributed by atoms with Gasteiger partial charge in [-0.05, 0) is 23.6 Å². The minimum atomic E-state index is -0.474. The summed E-state index contributed by atoms with van der Waals surface area (Å²) in [5.41, 5.74) is 1.63. The summed E-state index contributed by atoms with van der Waals surface area (Å²) in [4.78, 5) is 53.3. The second-order valence-electron chi connectivity index (χ2n) is 7.78. The number of hydrogen-bond donors (Lipinski definition) is 0. The van der Waals surface area contributed by atoms with E-state index in [0.717, 1.165) is 47.9 Å². The van der Waals surface area contributed by atoms with Crippen molar-refractivity contribution in [3.63, 3.8) is 0 Å². The van der Waals surface area contributed by atoms with Crippen LogP contribution in [0.1, 0.15) is 24.5 Å². The Morgan fingerprint density at radius 1 is 0.523 bits per heavy atom. The number of carbonyl (C=O) groups is 5. The molecular weight excluding hydrogens is 576 g/mol. The first kappa shape index (κ1) is 41.3. The van der Waals surface area contributed by atoms with E-state index >= 15 is 0 Å². The minimum Gasteiger partial charge on any atom is -0.463 e. The minimum absolute atomic E-state index is 0.161. The molecule has 0 fully saturated rings. The van der Waals surface area contributed by atoms with Crippen molar-refractivity contribution in [3.05, 3.63) is 98.7 Å². The molecule has 0 amide bonds. The van der Waals surface area contributed by atoms with Crippen LogP contribution >= 0.6 is 0 Å². The van der Waals surface area contributed by atoms with Crippen molar-refractivity contribution in [1.82, 2.24) is 0 Å². The predicted molar refractivity (Wildman–Crippen MR) is 162 cm³/mol. The van der Waals surface area contributed by atoms with Crippen LogP contribution < -0.4 is 0 Å². The SMILES string of the molecule is C=CC(=O)OCCC.C=CC(=O)OCCOCCOCCOC(=O)C=C.C=CC(=O)OCc1cccc(COC(=O)C=C)c1. The summed E-state index contributed by atoms with van der Waals surface area (Å²) in [5.74, 6) is -2.23. The van der Waals surface area contributed by atoms with Gasteiger partial charge < -0.3 is 33.2 Å². The molecule has 0 aliphatic rings. The first-order chi connectivity index (χ1) is 21.2. The molecule has 0 aliphatic carbocycles. The maximum Gasteiger partial charge on any atom is 0.330 e. The molecule has 0 saturated heterocycles. The van der Waals surface area contributed by atoms with Crippen LogP contribution in [0.25, 0.3) is 0 Å². The van der Waals surface area contributed by atoms with Gasteiger partial charge in [-0.15, -0.1) is 0 Å². The van der Waals surface area contributed by atoms with E-state index in [0.29, 0.717) is 33.0 Å².